The van der Waals surface area contributed by atoms with E-state index in [0.717, 1.165) is 30.5 Å². The molecule has 1 unspecified atom stereocenters. The summed E-state index contributed by atoms with van der Waals surface area (Å²) in [5.74, 6) is 0. The van der Waals surface area contributed by atoms with Gasteiger partial charge in [-0.25, -0.2) is 0 Å². The predicted molar refractivity (Wildman–Crippen MR) is 62.4 cm³/mol. The second-order valence-corrected chi connectivity index (χ2v) is 4.22. The Kier molecular flexibility index (Phi) is 3.41. The van der Waals surface area contributed by atoms with E-state index in [9.17, 15) is 4.79 Å². The molecule has 1 aromatic rings. The maximum atomic E-state index is 11.8. The normalized spacial score (nSPS) is 19.5. The number of pyridine rings is 1. The summed E-state index contributed by atoms with van der Waals surface area (Å²) < 4.78 is 6.83. The molecule has 0 saturated carbocycles. The highest BCUT2D eigenvalue weighted by Gasteiger charge is 2.19. The van der Waals surface area contributed by atoms with Crippen LogP contribution < -0.4 is 11.3 Å². The van der Waals surface area contributed by atoms with E-state index in [1.807, 2.05) is 6.07 Å². The van der Waals surface area contributed by atoms with Gasteiger partial charge >= 0.3 is 0 Å². The van der Waals surface area contributed by atoms with Crippen LogP contribution in [0.5, 0.6) is 0 Å². The van der Waals surface area contributed by atoms with E-state index in [4.69, 9.17) is 10.5 Å². The first-order valence-corrected chi connectivity index (χ1v) is 5.71. The molecule has 1 atom stereocenters. The van der Waals surface area contributed by atoms with E-state index in [1.54, 1.807) is 17.7 Å². The van der Waals surface area contributed by atoms with Gasteiger partial charge in [0.1, 0.15) is 0 Å². The van der Waals surface area contributed by atoms with Crippen molar-refractivity contribution in [3.8, 4) is 0 Å². The van der Waals surface area contributed by atoms with Crippen LogP contribution in [-0.4, -0.2) is 18.3 Å². The van der Waals surface area contributed by atoms with E-state index in [-0.39, 0.29) is 11.6 Å². The highest BCUT2D eigenvalue weighted by atomic mass is 16.5. The maximum Gasteiger partial charge on any atom is 0.250 e. The minimum absolute atomic E-state index is 0.0462. The van der Waals surface area contributed by atoms with Crippen molar-refractivity contribution in [1.82, 2.24) is 4.57 Å². The zero-order valence-electron chi connectivity index (χ0n) is 9.61. The predicted octanol–water partition coefficient (Wildman–Crippen LogP) is 0.831. The zero-order valence-corrected chi connectivity index (χ0v) is 9.61. The van der Waals surface area contributed by atoms with Crippen molar-refractivity contribution in [3.63, 3.8) is 0 Å². The molecular formula is C12H18N2O2. The second-order valence-electron chi connectivity index (χ2n) is 4.22. The molecule has 16 heavy (non-hydrogen) atoms. The summed E-state index contributed by atoms with van der Waals surface area (Å²) >= 11 is 0. The molecule has 0 spiro atoms. The molecule has 1 aliphatic rings. The molecule has 0 fully saturated rings. The van der Waals surface area contributed by atoms with Crippen molar-refractivity contribution in [1.29, 1.82) is 0 Å². The topological polar surface area (TPSA) is 57.2 Å². The molecule has 4 nitrogen and oxygen atoms in total. The van der Waals surface area contributed by atoms with Gasteiger partial charge in [0.05, 0.1) is 6.61 Å². The van der Waals surface area contributed by atoms with Crippen molar-refractivity contribution < 1.29 is 4.74 Å². The minimum Gasteiger partial charge on any atom is -0.383 e. The number of fused-ring (bicyclic) bond motifs is 1. The van der Waals surface area contributed by atoms with E-state index in [2.05, 4.69) is 0 Å². The van der Waals surface area contributed by atoms with E-state index < -0.39 is 0 Å². The Morgan fingerprint density at radius 1 is 1.56 bits per heavy atom. The first-order chi connectivity index (χ1) is 7.74. The van der Waals surface area contributed by atoms with Crippen LogP contribution in [-0.2, 0) is 17.7 Å². The van der Waals surface area contributed by atoms with Crippen LogP contribution in [0.2, 0.25) is 0 Å². The summed E-state index contributed by atoms with van der Waals surface area (Å²) in [5.41, 5.74) is 8.32. The molecule has 1 aromatic heterocycles. The number of hydrogen-bond donors (Lipinski definition) is 1. The Bertz CT molecular complexity index is 426. The number of methoxy groups -OCH3 is 1. The van der Waals surface area contributed by atoms with Crippen molar-refractivity contribution in [2.75, 3.05) is 13.7 Å². The van der Waals surface area contributed by atoms with Crippen LogP contribution in [0.3, 0.4) is 0 Å². The Morgan fingerprint density at radius 2 is 2.38 bits per heavy atom. The highest BCUT2D eigenvalue weighted by molar-refractivity contribution is 5.27. The van der Waals surface area contributed by atoms with Gasteiger partial charge in [-0.1, -0.05) is 6.07 Å². The average Bonchev–Trinajstić information content (AvgIpc) is 2.28. The van der Waals surface area contributed by atoms with E-state index in [0.29, 0.717) is 13.2 Å². The molecule has 1 heterocycles. The van der Waals surface area contributed by atoms with Crippen LogP contribution in [0.1, 0.15) is 30.1 Å². The van der Waals surface area contributed by atoms with Crippen molar-refractivity contribution in [2.24, 2.45) is 5.73 Å². The SMILES string of the molecule is COCCn1c2c(ccc1=O)C(N)CCC2. The minimum atomic E-state index is 0.0462. The lowest BCUT2D eigenvalue weighted by Crippen LogP contribution is -2.30. The van der Waals surface area contributed by atoms with Gasteiger partial charge in [0.25, 0.3) is 5.56 Å². The fraction of sp³-hybridized carbons (Fsp3) is 0.583. The van der Waals surface area contributed by atoms with Gasteiger partial charge in [0.2, 0.25) is 0 Å². The average molecular weight is 222 g/mol. The third-order valence-electron chi connectivity index (χ3n) is 3.18. The molecule has 0 bridgehead atoms. The monoisotopic (exact) mass is 222 g/mol. The van der Waals surface area contributed by atoms with E-state index in [1.165, 1.54) is 0 Å². The smallest absolute Gasteiger partial charge is 0.250 e. The van der Waals surface area contributed by atoms with Gasteiger partial charge < -0.3 is 15.0 Å². The van der Waals surface area contributed by atoms with Crippen LogP contribution in [0.15, 0.2) is 16.9 Å². The Morgan fingerprint density at radius 3 is 3.12 bits per heavy atom. The van der Waals surface area contributed by atoms with Crippen molar-refractivity contribution >= 4 is 0 Å². The number of hydrogen-bond acceptors (Lipinski definition) is 3. The Hall–Kier alpha value is -1.13. The first kappa shape index (κ1) is 11.4. The number of nitrogens with zero attached hydrogens (tertiary/aromatic N) is 1. The quantitative estimate of drug-likeness (QED) is 0.824. The molecule has 0 aromatic carbocycles. The molecule has 2 N–H and O–H groups in total. The molecule has 1 aliphatic carbocycles. The summed E-state index contributed by atoms with van der Waals surface area (Å²) in [7, 11) is 1.65. The first-order valence-electron chi connectivity index (χ1n) is 5.71. The summed E-state index contributed by atoms with van der Waals surface area (Å²) in [4.78, 5) is 11.8. The molecule has 88 valence electrons. The highest BCUT2D eigenvalue weighted by Crippen LogP contribution is 2.26. The Labute approximate surface area is 95.0 Å². The number of ether oxygens (including phenoxy) is 1. The second kappa shape index (κ2) is 4.80. The lowest BCUT2D eigenvalue weighted by atomic mass is 9.91. The van der Waals surface area contributed by atoms with Gasteiger partial charge in [0.15, 0.2) is 0 Å². The molecule has 0 aliphatic heterocycles. The van der Waals surface area contributed by atoms with Crippen LogP contribution in [0, 0.1) is 0 Å². The Balaban J connectivity index is 2.42. The molecule has 0 radical (unpaired) electrons. The fourth-order valence-corrected chi connectivity index (χ4v) is 2.33. The van der Waals surface area contributed by atoms with Gasteiger partial charge in [0, 0.05) is 31.5 Å². The van der Waals surface area contributed by atoms with E-state index >= 15 is 0 Å². The zero-order chi connectivity index (χ0) is 11.5. The van der Waals surface area contributed by atoms with Gasteiger partial charge in [-0.3, -0.25) is 4.79 Å². The number of nitrogens with two attached hydrogens (primary N) is 1. The molecule has 2 rings (SSSR count). The molecule has 0 amide bonds. The summed E-state index contributed by atoms with van der Waals surface area (Å²) in [5, 5.41) is 0. The lowest BCUT2D eigenvalue weighted by Gasteiger charge is -2.25. The van der Waals surface area contributed by atoms with Crippen LogP contribution >= 0.6 is 0 Å². The summed E-state index contributed by atoms with van der Waals surface area (Å²) in [6, 6.07) is 3.57. The van der Waals surface area contributed by atoms with Crippen molar-refractivity contribution in [2.45, 2.75) is 31.8 Å². The third kappa shape index (κ3) is 2.03. The molecule has 4 heteroatoms. The standard InChI is InChI=1S/C12H18N2O2/c1-16-8-7-14-11-4-2-3-10(13)9(11)5-6-12(14)15/h5-6,10H,2-4,7-8,13H2,1H3. The molecule has 0 saturated heterocycles. The van der Waals surface area contributed by atoms with Gasteiger partial charge in [-0.15, -0.1) is 0 Å². The van der Waals surface area contributed by atoms with Gasteiger partial charge in [-0.05, 0) is 24.8 Å². The van der Waals surface area contributed by atoms with Crippen LogP contribution in [0.25, 0.3) is 0 Å². The maximum absolute atomic E-state index is 11.8. The third-order valence-corrected chi connectivity index (χ3v) is 3.18. The fourth-order valence-electron chi connectivity index (χ4n) is 2.33. The summed E-state index contributed by atoms with van der Waals surface area (Å²) in [6.45, 7) is 1.18. The van der Waals surface area contributed by atoms with Gasteiger partial charge in [-0.2, -0.15) is 0 Å². The summed E-state index contributed by atoms with van der Waals surface area (Å²) in [6.07, 6.45) is 3.02. The number of rotatable bonds is 3. The number of aromatic nitrogens is 1. The lowest BCUT2D eigenvalue weighted by molar-refractivity contribution is 0.184. The van der Waals surface area contributed by atoms with Crippen LogP contribution in [0.4, 0.5) is 0 Å². The van der Waals surface area contributed by atoms with Crippen molar-refractivity contribution in [3.05, 3.63) is 33.7 Å². The largest absolute Gasteiger partial charge is 0.383 e. The molecular weight excluding hydrogens is 204 g/mol.